The van der Waals surface area contributed by atoms with Gasteiger partial charge < -0.3 is 9.40 Å². The quantitative estimate of drug-likeness (QED) is 0.578. The molecule has 1 N–H and O–H groups in total. The number of benzene rings is 2. The van der Waals surface area contributed by atoms with Crippen LogP contribution in [0.5, 0.6) is 0 Å². The van der Waals surface area contributed by atoms with Crippen LogP contribution in [0, 0.1) is 0 Å². The van der Waals surface area contributed by atoms with E-state index in [1.54, 1.807) is 18.2 Å². The molecule has 0 bridgehead atoms. The molecule has 2 aromatic heterocycles. The third kappa shape index (κ3) is 1.92. The number of hydrogen-bond donors (Lipinski definition) is 1. The van der Waals surface area contributed by atoms with Crippen LogP contribution >= 0.6 is 11.6 Å². The molecular formula is C16H9ClN2O2. The van der Waals surface area contributed by atoms with E-state index in [-0.39, 0.29) is 5.43 Å². The summed E-state index contributed by atoms with van der Waals surface area (Å²) in [6, 6.07) is 12.6. The Morgan fingerprint density at radius 3 is 2.86 bits per heavy atom. The average Bonchev–Trinajstić information content (AvgIpc) is 2.92. The molecule has 0 aliphatic carbocycles. The van der Waals surface area contributed by atoms with Gasteiger partial charge in [0.15, 0.2) is 0 Å². The summed E-state index contributed by atoms with van der Waals surface area (Å²) in [4.78, 5) is 20.1. The van der Waals surface area contributed by atoms with E-state index in [1.807, 2.05) is 24.3 Å². The van der Waals surface area contributed by atoms with Gasteiger partial charge in [0.1, 0.15) is 23.2 Å². The van der Waals surface area contributed by atoms with Gasteiger partial charge in [0, 0.05) is 5.02 Å². The maximum absolute atomic E-state index is 12.6. The molecule has 0 fully saturated rings. The minimum Gasteiger partial charge on any atom is -0.463 e. The normalized spacial score (nSPS) is 11.3. The van der Waals surface area contributed by atoms with Gasteiger partial charge in [-0.25, -0.2) is 4.98 Å². The van der Waals surface area contributed by atoms with Crippen LogP contribution in [0.4, 0.5) is 0 Å². The number of fused-ring (bicyclic) bond motifs is 2. The van der Waals surface area contributed by atoms with Gasteiger partial charge in [0.2, 0.25) is 5.43 Å². The van der Waals surface area contributed by atoms with Gasteiger partial charge in [-0.3, -0.25) is 4.79 Å². The van der Waals surface area contributed by atoms with Crippen molar-refractivity contribution in [2.45, 2.75) is 0 Å². The number of aromatic amines is 1. The van der Waals surface area contributed by atoms with Crippen LogP contribution in [0.1, 0.15) is 0 Å². The fraction of sp³-hybridized carbons (Fsp3) is 0. The molecule has 0 aliphatic rings. The van der Waals surface area contributed by atoms with Gasteiger partial charge in [0.05, 0.1) is 16.4 Å². The van der Waals surface area contributed by atoms with Gasteiger partial charge >= 0.3 is 0 Å². The number of aromatic nitrogens is 2. The summed E-state index contributed by atoms with van der Waals surface area (Å²) in [6.07, 6.45) is 1.43. The van der Waals surface area contributed by atoms with Crippen molar-refractivity contribution in [2.24, 2.45) is 0 Å². The van der Waals surface area contributed by atoms with Gasteiger partial charge in [-0.05, 0) is 30.3 Å². The van der Waals surface area contributed by atoms with E-state index in [0.29, 0.717) is 27.4 Å². The summed E-state index contributed by atoms with van der Waals surface area (Å²) in [5.41, 5.74) is 2.42. The molecule has 0 spiro atoms. The first-order valence-electron chi connectivity index (χ1n) is 6.38. The number of nitrogens with zero attached hydrogens (tertiary/aromatic N) is 1. The Kier molecular flexibility index (Phi) is 2.59. The van der Waals surface area contributed by atoms with E-state index < -0.39 is 0 Å². The smallest absolute Gasteiger partial charge is 0.203 e. The topological polar surface area (TPSA) is 58.9 Å². The van der Waals surface area contributed by atoms with Crippen LogP contribution in [0.2, 0.25) is 5.02 Å². The number of hydrogen-bond acceptors (Lipinski definition) is 3. The summed E-state index contributed by atoms with van der Waals surface area (Å²) < 4.78 is 5.51. The second kappa shape index (κ2) is 4.46. The molecule has 0 radical (unpaired) electrons. The number of halogens is 1. The largest absolute Gasteiger partial charge is 0.463 e. The molecule has 0 saturated heterocycles. The lowest BCUT2D eigenvalue weighted by molar-refractivity contribution is 0.604. The fourth-order valence-corrected chi connectivity index (χ4v) is 2.52. The second-order valence-electron chi connectivity index (χ2n) is 4.72. The lowest BCUT2D eigenvalue weighted by Crippen LogP contribution is -2.05. The number of H-pyrrole nitrogens is 1. The molecule has 2 aromatic carbocycles. The molecule has 5 heteroatoms. The molecule has 2 heterocycles. The third-order valence-electron chi connectivity index (χ3n) is 3.38. The lowest BCUT2D eigenvalue weighted by Gasteiger charge is -2.00. The second-order valence-corrected chi connectivity index (χ2v) is 5.16. The predicted molar refractivity (Wildman–Crippen MR) is 82.6 cm³/mol. The fourth-order valence-electron chi connectivity index (χ4n) is 2.35. The number of imidazole rings is 1. The first kappa shape index (κ1) is 12.2. The van der Waals surface area contributed by atoms with Gasteiger partial charge in [-0.2, -0.15) is 0 Å². The molecule has 21 heavy (non-hydrogen) atoms. The molecule has 0 unspecified atom stereocenters. The zero-order chi connectivity index (χ0) is 14.4. The highest BCUT2D eigenvalue weighted by Gasteiger charge is 2.13. The van der Waals surface area contributed by atoms with Crippen LogP contribution in [-0.2, 0) is 0 Å². The molecular weight excluding hydrogens is 288 g/mol. The minimum absolute atomic E-state index is 0.155. The number of nitrogens with one attached hydrogen (secondary N) is 1. The Hall–Kier alpha value is -2.59. The van der Waals surface area contributed by atoms with Crippen molar-refractivity contribution < 1.29 is 4.42 Å². The molecule has 4 nitrogen and oxygen atoms in total. The summed E-state index contributed by atoms with van der Waals surface area (Å²) >= 11 is 5.95. The zero-order valence-electron chi connectivity index (χ0n) is 10.8. The first-order valence-corrected chi connectivity index (χ1v) is 6.76. The van der Waals surface area contributed by atoms with E-state index in [1.165, 1.54) is 6.26 Å². The van der Waals surface area contributed by atoms with E-state index in [0.717, 1.165) is 11.0 Å². The highest BCUT2D eigenvalue weighted by Crippen LogP contribution is 2.22. The number of rotatable bonds is 1. The van der Waals surface area contributed by atoms with Crippen molar-refractivity contribution >= 4 is 33.6 Å². The summed E-state index contributed by atoms with van der Waals surface area (Å²) in [7, 11) is 0. The van der Waals surface area contributed by atoms with Crippen LogP contribution < -0.4 is 5.43 Å². The molecule has 4 rings (SSSR count). The van der Waals surface area contributed by atoms with Crippen molar-refractivity contribution in [3.8, 4) is 11.4 Å². The van der Waals surface area contributed by atoms with Crippen molar-refractivity contribution in [1.82, 2.24) is 9.97 Å². The van der Waals surface area contributed by atoms with Crippen molar-refractivity contribution in [2.75, 3.05) is 0 Å². The summed E-state index contributed by atoms with van der Waals surface area (Å²) in [6.45, 7) is 0. The SMILES string of the molecule is O=c1c(-c2nc3ccccc3[nH]2)coc2ccc(Cl)cc12. The van der Waals surface area contributed by atoms with Crippen molar-refractivity contribution in [3.05, 3.63) is 64.0 Å². The lowest BCUT2D eigenvalue weighted by atomic mass is 10.1. The van der Waals surface area contributed by atoms with E-state index in [4.69, 9.17) is 16.0 Å². The molecule has 4 aromatic rings. The molecule has 102 valence electrons. The Morgan fingerprint density at radius 2 is 2.00 bits per heavy atom. The van der Waals surface area contributed by atoms with Crippen molar-refractivity contribution in [1.29, 1.82) is 0 Å². The Balaban J connectivity index is 2.01. The predicted octanol–water partition coefficient (Wildman–Crippen LogP) is 3.99. The summed E-state index contributed by atoms with van der Waals surface area (Å²) in [5.74, 6) is 0.492. The van der Waals surface area contributed by atoms with Crippen LogP contribution in [-0.4, -0.2) is 9.97 Å². The maximum Gasteiger partial charge on any atom is 0.203 e. The average molecular weight is 297 g/mol. The minimum atomic E-state index is -0.155. The first-order chi connectivity index (χ1) is 10.2. The monoisotopic (exact) mass is 296 g/mol. The van der Waals surface area contributed by atoms with Crippen LogP contribution in [0.25, 0.3) is 33.4 Å². The third-order valence-corrected chi connectivity index (χ3v) is 3.61. The standard InChI is InChI=1S/C16H9ClN2O2/c17-9-5-6-14-10(7-9)15(20)11(8-21-14)16-18-12-3-1-2-4-13(12)19-16/h1-8H,(H,18,19). The molecule has 0 aliphatic heterocycles. The molecule has 0 atom stereocenters. The van der Waals surface area contributed by atoms with Crippen LogP contribution in [0.15, 0.2) is 57.9 Å². The Morgan fingerprint density at radius 1 is 1.14 bits per heavy atom. The van der Waals surface area contributed by atoms with Gasteiger partial charge in [-0.15, -0.1) is 0 Å². The van der Waals surface area contributed by atoms with Gasteiger partial charge in [-0.1, -0.05) is 23.7 Å². The van der Waals surface area contributed by atoms with E-state index in [9.17, 15) is 4.79 Å². The van der Waals surface area contributed by atoms with Crippen molar-refractivity contribution in [3.63, 3.8) is 0 Å². The van der Waals surface area contributed by atoms with Crippen LogP contribution in [0.3, 0.4) is 0 Å². The molecule has 0 saturated carbocycles. The van der Waals surface area contributed by atoms with E-state index in [2.05, 4.69) is 9.97 Å². The Bertz CT molecular complexity index is 1000. The number of para-hydroxylation sites is 2. The van der Waals surface area contributed by atoms with E-state index >= 15 is 0 Å². The summed E-state index contributed by atoms with van der Waals surface area (Å²) in [5, 5.41) is 0.942. The zero-order valence-corrected chi connectivity index (χ0v) is 11.5. The highest BCUT2D eigenvalue weighted by molar-refractivity contribution is 6.31. The van der Waals surface area contributed by atoms with Gasteiger partial charge in [0.25, 0.3) is 0 Å². The highest BCUT2D eigenvalue weighted by atomic mass is 35.5. The maximum atomic E-state index is 12.6. The Labute approximate surface area is 124 Å². The molecule has 0 amide bonds.